The van der Waals surface area contributed by atoms with Crippen molar-refractivity contribution in [2.75, 3.05) is 13.1 Å². The fourth-order valence-electron chi connectivity index (χ4n) is 2.19. The number of hydrogen-bond donors (Lipinski definition) is 2. The van der Waals surface area contributed by atoms with E-state index in [9.17, 15) is 5.11 Å². The van der Waals surface area contributed by atoms with Crippen molar-refractivity contribution in [2.45, 2.75) is 31.8 Å². The average Bonchev–Trinajstić information content (AvgIpc) is 2.65. The van der Waals surface area contributed by atoms with Crippen LogP contribution in [-0.2, 0) is 0 Å². The van der Waals surface area contributed by atoms with E-state index in [1.54, 1.807) is 5.57 Å². The highest BCUT2D eigenvalue weighted by Crippen LogP contribution is 2.26. The second-order valence-electron chi connectivity index (χ2n) is 3.94. The van der Waals surface area contributed by atoms with E-state index < -0.39 is 0 Å². The van der Waals surface area contributed by atoms with Crippen molar-refractivity contribution in [1.82, 2.24) is 5.32 Å². The van der Waals surface area contributed by atoms with Gasteiger partial charge in [0.05, 0.1) is 6.10 Å². The Labute approximate surface area is 73.7 Å². The molecule has 2 aliphatic rings. The van der Waals surface area contributed by atoms with E-state index in [2.05, 4.69) is 11.4 Å². The standard InChI is InChI=1S/C10H17NO/c12-10-7-11-6-9(10)5-8-3-1-2-4-8/h3,9-12H,1-2,4-7H2/t9-,10-/m1/s1. The SMILES string of the molecule is O[C@@H]1CNC[C@H]1CC1=CCCC1. The van der Waals surface area contributed by atoms with Crippen molar-refractivity contribution in [1.29, 1.82) is 0 Å². The highest BCUT2D eigenvalue weighted by atomic mass is 16.3. The summed E-state index contributed by atoms with van der Waals surface area (Å²) in [6, 6.07) is 0. The molecule has 0 aromatic carbocycles. The fraction of sp³-hybridized carbons (Fsp3) is 0.800. The normalized spacial score (nSPS) is 35.6. The Morgan fingerprint density at radius 2 is 2.42 bits per heavy atom. The molecule has 1 saturated heterocycles. The minimum absolute atomic E-state index is 0.105. The maximum absolute atomic E-state index is 9.56. The first kappa shape index (κ1) is 8.27. The van der Waals surface area contributed by atoms with Crippen molar-refractivity contribution >= 4 is 0 Å². The van der Waals surface area contributed by atoms with Gasteiger partial charge in [0, 0.05) is 19.0 Å². The summed E-state index contributed by atoms with van der Waals surface area (Å²) in [5.74, 6) is 0.481. The Bertz CT molecular complexity index is 188. The molecule has 0 radical (unpaired) electrons. The number of allylic oxidation sites excluding steroid dienone is 2. The molecule has 0 bridgehead atoms. The molecule has 0 aromatic rings. The van der Waals surface area contributed by atoms with Crippen LogP contribution >= 0.6 is 0 Å². The molecule has 2 heteroatoms. The van der Waals surface area contributed by atoms with Gasteiger partial charge in [-0.15, -0.1) is 0 Å². The molecule has 1 aliphatic heterocycles. The van der Waals surface area contributed by atoms with Crippen LogP contribution in [0, 0.1) is 5.92 Å². The highest BCUT2D eigenvalue weighted by molar-refractivity contribution is 5.09. The third-order valence-electron chi connectivity index (χ3n) is 2.96. The van der Waals surface area contributed by atoms with Crippen molar-refractivity contribution in [2.24, 2.45) is 5.92 Å². The Hall–Kier alpha value is -0.340. The zero-order valence-corrected chi connectivity index (χ0v) is 7.42. The first-order chi connectivity index (χ1) is 5.86. The average molecular weight is 167 g/mol. The Balaban J connectivity index is 1.85. The molecule has 68 valence electrons. The zero-order chi connectivity index (χ0) is 8.39. The molecule has 12 heavy (non-hydrogen) atoms. The summed E-state index contributed by atoms with van der Waals surface area (Å²) in [5, 5.41) is 12.8. The molecule has 1 heterocycles. The number of aliphatic hydroxyl groups is 1. The maximum Gasteiger partial charge on any atom is 0.0707 e. The van der Waals surface area contributed by atoms with Crippen LogP contribution in [0.5, 0.6) is 0 Å². The molecule has 0 unspecified atom stereocenters. The van der Waals surface area contributed by atoms with E-state index in [1.807, 2.05) is 0 Å². The summed E-state index contributed by atoms with van der Waals surface area (Å²) in [4.78, 5) is 0. The second-order valence-corrected chi connectivity index (χ2v) is 3.94. The first-order valence-corrected chi connectivity index (χ1v) is 4.93. The lowest BCUT2D eigenvalue weighted by Gasteiger charge is -2.13. The molecule has 2 atom stereocenters. The minimum Gasteiger partial charge on any atom is -0.391 e. The van der Waals surface area contributed by atoms with Gasteiger partial charge in [-0.05, 0) is 25.7 Å². The van der Waals surface area contributed by atoms with Gasteiger partial charge in [-0.25, -0.2) is 0 Å². The number of aliphatic hydroxyl groups excluding tert-OH is 1. The van der Waals surface area contributed by atoms with Gasteiger partial charge >= 0.3 is 0 Å². The van der Waals surface area contributed by atoms with Crippen LogP contribution in [0.1, 0.15) is 25.7 Å². The molecule has 2 rings (SSSR count). The van der Waals surface area contributed by atoms with Crippen LogP contribution in [-0.4, -0.2) is 24.3 Å². The van der Waals surface area contributed by atoms with Gasteiger partial charge in [0.2, 0.25) is 0 Å². The van der Waals surface area contributed by atoms with Gasteiger partial charge in [0.25, 0.3) is 0 Å². The summed E-state index contributed by atoms with van der Waals surface area (Å²) < 4.78 is 0. The topological polar surface area (TPSA) is 32.3 Å². The van der Waals surface area contributed by atoms with Gasteiger partial charge < -0.3 is 10.4 Å². The van der Waals surface area contributed by atoms with E-state index in [0.29, 0.717) is 5.92 Å². The monoisotopic (exact) mass is 167 g/mol. The van der Waals surface area contributed by atoms with Gasteiger partial charge in [0.1, 0.15) is 0 Å². The lowest BCUT2D eigenvalue weighted by Crippen LogP contribution is -2.18. The third-order valence-corrected chi connectivity index (χ3v) is 2.96. The van der Waals surface area contributed by atoms with Gasteiger partial charge in [-0.3, -0.25) is 0 Å². The summed E-state index contributed by atoms with van der Waals surface area (Å²) in [6.45, 7) is 1.79. The molecular weight excluding hydrogens is 150 g/mol. The number of hydrogen-bond acceptors (Lipinski definition) is 2. The molecule has 0 saturated carbocycles. The van der Waals surface area contributed by atoms with Crippen molar-refractivity contribution in [3.05, 3.63) is 11.6 Å². The summed E-state index contributed by atoms with van der Waals surface area (Å²) >= 11 is 0. The van der Waals surface area contributed by atoms with E-state index in [-0.39, 0.29) is 6.10 Å². The van der Waals surface area contributed by atoms with E-state index in [0.717, 1.165) is 19.5 Å². The molecule has 0 amide bonds. The Morgan fingerprint density at radius 1 is 1.50 bits per heavy atom. The number of β-amino-alcohol motifs (C(OH)–C–C–N with tert-alkyl or cyclic N) is 1. The lowest BCUT2D eigenvalue weighted by molar-refractivity contribution is 0.147. The Morgan fingerprint density at radius 3 is 3.00 bits per heavy atom. The minimum atomic E-state index is -0.105. The second kappa shape index (κ2) is 3.58. The molecule has 0 spiro atoms. The first-order valence-electron chi connectivity index (χ1n) is 4.93. The van der Waals surface area contributed by atoms with Crippen LogP contribution in [0.3, 0.4) is 0 Å². The van der Waals surface area contributed by atoms with Crippen LogP contribution in [0.2, 0.25) is 0 Å². The zero-order valence-electron chi connectivity index (χ0n) is 7.42. The lowest BCUT2D eigenvalue weighted by atomic mass is 9.96. The third kappa shape index (κ3) is 1.70. The molecular formula is C10H17NO. The van der Waals surface area contributed by atoms with E-state index >= 15 is 0 Å². The van der Waals surface area contributed by atoms with Crippen LogP contribution < -0.4 is 5.32 Å². The summed E-state index contributed by atoms with van der Waals surface area (Å²) in [7, 11) is 0. The number of nitrogens with one attached hydrogen (secondary N) is 1. The Kier molecular flexibility index (Phi) is 2.47. The van der Waals surface area contributed by atoms with Gasteiger partial charge in [-0.1, -0.05) is 11.6 Å². The molecule has 1 fully saturated rings. The molecule has 1 aliphatic carbocycles. The van der Waals surface area contributed by atoms with Crippen LogP contribution in [0.25, 0.3) is 0 Å². The quantitative estimate of drug-likeness (QED) is 0.603. The summed E-state index contributed by atoms with van der Waals surface area (Å²) in [6.07, 6.45) is 7.21. The largest absolute Gasteiger partial charge is 0.391 e. The van der Waals surface area contributed by atoms with Crippen LogP contribution in [0.4, 0.5) is 0 Å². The summed E-state index contributed by atoms with van der Waals surface area (Å²) in [5.41, 5.74) is 1.57. The van der Waals surface area contributed by atoms with Crippen LogP contribution in [0.15, 0.2) is 11.6 Å². The molecule has 2 N–H and O–H groups in total. The van der Waals surface area contributed by atoms with Gasteiger partial charge in [-0.2, -0.15) is 0 Å². The molecule has 2 nitrogen and oxygen atoms in total. The predicted molar refractivity (Wildman–Crippen MR) is 48.9 cm³/mol. The predicted octanol–water partition coefficient (Wildman–Crippen LogP) is 1.07. The van der Waals surface area contributed by atoms with E-state index in [1.165, 1.54) is 19.3 Å². The highest BCUT2D eigenvalue weighted by Gasteiger charge is 2.25. The van der Waals surface area contributed by atoms with Crippen molar-refractivity contribution in [3.8, 4) is 0 Å². The number of rotatable bonds is 2. The fourth-order valence-corrected chi connectivity index (χ4v) is 2.19. The van der Waals surface area contributed by atoms with Crippen molar-refractivity contribution < 1.29 is 5.11 Å². The maximum atomic E-state index is 9.56. The molecule has 0 aromatic heterocycles. The smallest absolute Gasteiger partial charge is 0.0707 e. The van der Waals surface area contributed by atoms with E-state index in [4.69, 9.17) is 0 Å². The van der Waals surface area contributed by atoms with Gasteiger partial charge in [0.15, 0.2) is 0 Å². The van der Waals surface area contributed by atoms with Crippen molar-refractivity contribution in [3.63, 3.8) is 0 Å².